The van der Waals surface area contributed by atoms with Crippen molar-refractivity contribution in [3.05, 3.63) is 54.6 Å². The molecule has 2 rings (SSSR count). The van der Waals surface area contributed by atoms with Crippen molar-refractivity contribution in [1.29, 1.82) is 0 Å². The first-order chi connectivity index (χ1) is 9.95. The second-order valence-corrected chi connectivity index (χ2v) is 6.17. The lowest BCUT2D eigenvalue weighted by Gasteiger charge is -2.26. The molecular formula is C18H23NO2. The molecule has 1 unspecified atom stereocenters. The number of ether oxygens (including phenoxy) is 2. The molecular weight excluding hydrogens is 262 g/mol. The van der Waals surface area contributed by atoms with Gasteiger partial charge in [-0.1, -0.05) is 39.0 Å². The van der Waals surface area contributed by atoms with E-state index in [2.05, 4.69) is 20.8 Å². The van der Waals surface area contributed by atoms with Gasteiger partial charge in [-0.2, -0.15) is 0 Å². The first-order valence-electron chi connectivity index (χ1n) is 7.16. The molecule has 0 heterocycles. The fourth-order valence-corrected chi connectivity index (χ4v) is 1.66. The summed E-state index contributed by atoms with van der Waals surface area (Å²) in [5.41, 5.74) is 6.12. The van der Waals surface area contributed by atoms with Gasteiger partial charge in [-0.05, 0) is 41.8 Å². The van der Waals surface area contributed by atoms with Crippen LogP contribution in [0.25, 0.3) is 0 Å². The van der Waals surface area contributed by atoms with Crippen molar-refractivity contribution in [2.75, 3.05) is 6.61 Å². The largest absolute Gasteiger partial charge is 0.492 e. The van der Waals surface area contributed by atoms with E-state index in [9.17, 15) is 0 Å². The molecule has 0 spiro atoms. The standard InChI is InChI=1S/C18H23NO2/c1-18(2,3)17(19)13-20-14-9-11-16(12-10-14)21-15-7-5-4-6-8-15/h4-12,17H,13,19H2,1-3H3. The molecule has 0 saturated carbocycles. The predicted molar refractivity (Wildman–Crippen MR) is 85.9 cm³/mol. The molecule has 0 aliphatic rings. The Morgan fingerprint density at radius 1 is 0.857 bits per heavy atom. The molecule has 21 heavy (non-hydrogen) atoms. The van der Waals surface area contributed by atoms with Crippen LogP contribution < -0.4 is 15.2 Å². The van der Waals surface area contributed by atoms with Gasteiger partial charge in [0.05, 0.1) is 0 Å². The van der Waals surface area contributed by atoms with E-state index in [0.29, 0.717) is 6.61 Å². The van der Waals surface area contributed by atoms with Crippen LogP contribution in [0.5, 0.6) is 17.2 Å². The quantitative estimate of drug-likeness (QED) is 0.894. The van der Waals surface area contributed by atoms with Gasteiger partial charge in [0.25, 0.3) is 0 Å². The Bertz CT molecular complexity index is 544. The van der Waals surface area contributed by atoms with E-state index in [4.69, 9.17) is 15.2 Å². The number of hydrogen-bond acceptors (Lipinski definition) is 3. The molecule has 2 N–H and O–H groups in total. The fraction of sp³-hybridized carbons (Fsp3) is 0.333. The Balaban J connectivity index is 1.90. The van der Waals surface area contributed by atoms with E-state index in [1.165, 1.54) is 0 Å². The van der Waals surface area contributed by atoms with E-state index < -0.39 is 0 Å². The average molecular weight is 285 g/mol. The lowest BCUT2D eigenvalue weighted by atomic mass is 9.88. The lowest BCUT2D eigenvalue weighted by Crippen LogP contribution is -2.40. The molecule has 0 amide bonds. The highest BCUT2D eigenvalue weighted by atomic mass is 16.5. The number of hydrogen-bond donors (Lipinski definition) is 1. The first-order valence-corrected chi connectivity index (χ1v) is 7.16. The van der Waals surface area contributed by atoms with E-state index in [0.717, 1.165) is 17.2 Å². The van der Waals surface area contributed by atoms with Crippen molar-refractivity contribution in [2.45, 2.75) is 26.8 Å². The molecule has 3 nitrogen and oxygen atoms in total. The number of rotatable bonds is 5. The van der Waals surface area contributed by atoms with Crippen LogP contribution in [0, 0.1) is 5.41 Å². The van der Waals surface area contributed by atoms with Gasteiger partial charge in [-0.25, -0.2) is 0 Å². The Kier molecular flexibility index (Phi) is 4.86. The van der Waals surface area contributed by atoms with Gasteiger partial charge in [-0.15, -0.1) is 0 Å². The van der Waals surface area contributed by atoms with Gasteiger partial charge in [0.15, 0.2) is 0 Å². The Morgan fingerprint density at radius 2 is 1.38 bits per heavy atom. The Labute approximate surface area is 126 Å². The molecule has 0 aliphatic heterocycles. The number of nitrogens with two attached hydrogens (primary N) is 1. The fourth-order valence-electron chi connectivity index (χ4n) is 1.66. The molecule has 0 bridgehead atoms. The summed E-state index contributed by atoms with van der Waals surface area (Å²) >= 11 is 0. The summed E-state index contributed by atoms with van der Waals surface area (Å²) in [6, 6.07) is 17.3. The van der Waals surface area contributed by atoms with Crippen molar-refractivity contribution in [2.24, 2.45) is 11.1 Å². The maximum Gasteiger partial charge on any atom is 0.127 e. The molecule has 0 radical (unpaired) electrons. The molecule has 0 saturated heterocycles. The zero-order chi connectivity index (χ0) is 15.3. The van der Waals surface area contributed by atoms with Crippen molar-refractivity contribution >= 4 is 0 Å². The average Bonchev–Trinajstić information content (AvgIpc) is 2.46. The summed E-state index contributed by atoms with van der Waals surface area (Å²) in [6.07, 6.45) is 0. The summed E-state index contributed by atoms with van der Waals surface area (Å²) in [5.74, 6) is 2.41. The minimum absolute atomic E-state index is 0.00209. The molecule has 112 valence electrons. The van der Waals surface area contributed by atoms with Crippen LogP contribution in [0.15, 0.2) is 54.6 Å². The topological polar surface area (TPSA) is 44.5 Å². The highest BCUT2D eigenvalue weighted by molar-refractivity contribution is 5.35. The zero-order valence-corrected chi connectivity index (χ0v) is 12.9. The van der Waals surface area contributed by atoms with Crippen LogP contribution in [0.4, 0.5) is 0 Å². The van der Waals surface area contributed by atoms with Crippen molar-refractivity contribution < 1.29 is 9.47 Å². The third-order valence-electron chi connectivity index (χ3n) is 3.34. The van der Waals surface area contributed by atoms with Gasteiger partial charge in [0, 0.05) is 6.04 Å². The summed E-state index contributed by atoms with van der Waals surface area (Å²) in [5, 5.41) is 0. The highest BCUT2D eigenvalue weighted by Gasteiger charge is 2.20. The Hall–Kier alpha value is -2.00. The van der Waals surface area contributed by atoms with Crippen molar-refractivity contribution in [1.82, 2.24) is 0 Å². The van der Waals surface area contributed by atoms with Crippen LogP contribution in [0.1, 0.15) is 20.8 Å². The van der Waals surface area contributed by atoms with Crippen LogP contribution in [0.2, 0.25) is 0 Å². The maximum absolute atomic E-state index is 6.08. The van der Waals surface area contributed by atoms with E-state index >= 15 is 0 Å². The van der Waals surface area contributed by atoms with Crippen molar-refractivity contribution in [3.8, 4) is 17.2 Å². The van der Waals surface area contributed by atoms with Crippen LogP contribution in [-0.4, -0.2) is 12.6 Å². The normalized spacial score (nSPS) is 12.8. The minimum Gasteiger partial charge on any atom is -0.492 e. The van der Waals surface area contributed by atoms with Gasteiger partial charge in [0.2, 0.25) is 0 Å². The van der Waals surface area contributed by atoms with E-state index in [-0.39, 0.29) is 11.5 Å². The second-order valence-electron chi connectivity index (χ2n) is 6.17. The minimum atomic E-state index is -0.00209. The zero-order valence-electron chi connectivity index (χ0n) is 12.9. The molecule has 0 aromatic heterocycles. The lowest BCUT2D eigenvalue weighted by molar-refractivity contribution is 0.205. The van der Waals surface area contributed by atoms with Gasteiger partial charge in [-0.3, -0.25) is 0 Å². The van der Waals surface area contributed by atoms with Gasteiger partial charge >= 0.3 is 0 Å². The monoisotopic (exact) mass is 285 g/mol. The van der Waals surface area contributed by atoms with Crippen LogP contribution in [-0.2, 0) is 0 Å². The summed E-state index contributed by atoms with van der Waals surface area (Å²) in [6.45, 7) is 6.83. The SMILES string of the molecule is CC(C)(C)C(N)COc1ccc(Oc2ccccc2)cc1. The van der Waals surface area contributed by atoms with E-state index in [1.54, 1.807) is 0 Å². The molecule has 0 aliphatic carbocycles. The van der Waals surface area contributed by atoms with Crippen LogP contribution in [0.3, 0.4) is 0 Å². The highest BCUT2D eigenvalue weighted by Crippen LogP contribution is 2.24. The third-order valence-corrected chi connectivity index (χ3v) is 3.34. The van der Waals surface area contributed by atoms with Crippen molar-refractivity contribution in [3.63, 3.8) is 0 Å². The second kappa shape index (κ2) is 6.64. The smallest absolute Gasteiger partial charge is 0.127 e. The summed E-state index contributed by atoms with van der Waals surface area (Å²) in [7, 11) is 0. The van der Waals surface area contributed by atoms with Gasteiger partial charge < -0.3 is 15.2 Å². The number of para-hydroxylation sites is 1. The summed E-state index contributed by atoms with van der Waals surface area (Å²) in [4.78, 5) is 0. The first kappa shape index (κ1) is 15.4. The molecule has 1 atom stereocenters. The van der Waals surface area contributed by atoms with E-state index in [1.807, 2.05) is 54.6 Å². The maximum atomic E-state index is 6.08. The molecule has 0 fully saturated rings. The number of benzene rings is 2. The Morgan fingerprint density at radius 3 is 1.95 bits per heavy atom. The molecule has 2 aromatic carbocycles. The molecule has 2 aromatic rings. The molecule has 3 heteroatoms. The van der Waals surface area contributed by atoms with Gasteiger partial charge in [0.1, 0.15) is 23.9 Å². The van der Waals surface area contributed by atoms with Crippen LogP contribution >= 0.6 is 0 Å². The third kappa shape index (κ3) is 4.80. The summed E-state index contributed by atoms with van der Waals surface area (Å²) < 4.78 is 11.5. The predicted octanol–water partition coefficient (Wildman–Crippen LogP) is 4.23.